The Labute approximate surface area is 164 Å². The number of halogens is 1. The summed E-state index contributed by atoms with van der Waals surface area (Å²) in [5, 5.41) is 0.0315. The van der Waals surface area contributed by atoms with Gasteiger partial charge in [0.05, 0.1) is 16.7 Å². The van der Waals surface area contributed by atoms with Gasteiger partial charge in [-0.2, -0.15) is 4.31 Å². The van der Waals surface area contributed by atoms with E-state index in [2.05, 4.69) is 0 Å². The Kier molecular flexibility index (Phi) is 7.25. The quantitative estimate of drug-likeness (QED) is 0.661. The molecule has 0 spiro atoms. The van der Waals surface area contributed by atoms with Crippen LogP contribution in [-0.4, -0.2) is 50.5 Å². The first-order chi connectivity index (χ1) is 12.6. The molecule has 0 radical (unpaired) electrons. The summed E-state index contributed by atoms with van der Waals surface area (Å²) in [6.07, 6.45) is 1.42. The molecule has 0 N–H and O–H groups in total. The second-order valence-corrected chi connectivity index (χ2v) is 9.18. The van der Waals surface area contributed by atoms with Crippen LogP contribution in [0, 0.1) is 5.92 Å². The van der Waals surface area contributed by atoms with Gasteiger partial charge in [0.15, 0.2) is 6.61 Å². The minimum absolute atomic E-state index is 0.000352. The minimum atomic E-state index is -3.83. The molecule has 0 aliphatic carbocycles. The van der Waals surface area contributed by atoms with Crippen LogP contribution in [0.15, 0.2) is 23.1 Å². The standard InChI is InChI=1S/C18H24ClNO6S/c1-12(2)26-17(21)11-25-18(22)14-6-7-15(19)16(9-14)27(23,24)20-8-4-5-13(3)10-20/h6-7,9,12-13H,4-5,8,10-11H2,1-3H3/t13-/m1/s1. The first kappa shape index (κ1) is 21.7. The van der Waals surface area contributed by atoms with Gasteiger partial charge < -0.3 is 9.47 Å². The predicted octanol–water partition coefficient (Wildman–Crippen LogP) is 2.87. The molecule has 1 aromatic carbocycles. The molecular weight excluding hydrogens is 394 g/mol. The van der Waals surface area contributed by atoms with Crippen molar-refractivity contribution in [3.8, 4) is 0 Å². The van der Waals surface area contributed by atoms with Crippen LogP contribution >= 0.6 is 11.6 Å². The van der Waals surface area contributed by atoms with Crippen molar-refractivity contribution in [2.24, 2.45) is 5.92 Å². The topological polar surface area (TPSA) is 90.0 Å². The van der Waals surface area contributed by atoms with E-state index in [1.165, 1.54) is 22.5 Å². The van der Waals surface area contributed by atoms with Crippen molar-refractivity contribution < 1.29 is 27.5 Å². The second-order valence-electron chi connectivity index (χ2n) is 6.87. The Balaban J connectivity index is 2.17. The molecule has 1 atom stereocenters. The molecule has 0 saturated carbocycles. The monoisotopic (exact) mass is 417 g/mol. The van der Waals surface area contributed by atoms with Crippen LogP contribution in [0.2, 0.25) is 5.02 Å². The molecule has 0 amide bonds. The van der Waals surface area contributed by atoms with Crippen LogP contribution in [0.1, 0.15) is 44.0 Å². The molecule has 0 bridgehead atoms. The van der Waals surface area contributed by atoms with Gasteiger partial charge in [0.2, 0.25) is 10.0 Å². The van der Waals surface area contributed by atoms with Gasteiger partial charge in [0.1, 0.15) is 4.90 Å². The van der Waals surface area contributed by atoms with Gasteiger partial charge >= 0.3 is 11.9 Å². The zero-order chi connectivity index (χ0) is 20.2. The fourth-order valence-corrected chi connectivity index (χ4v) is 4.94. The lowest BCUT2D eigenvalue weighted by atomic mass is 10.0. The van der Waals surface area contributed by atoms with Gasteiger partial charge in [-0.1, -0.05) is 18.5 Å². The third-order valence-electron chi connectivity index (χ3n) is 4.09. The number of benzene rings is 1. The highest BCUT2D eigenvalue weighted by atomic mass is 35.5. The van der Waals surface area contributed by atoms with Gasteiger partial charge in [-0.15, -0.1) is 0 Å². The van der Waals surface area contributed by atoms with E-state index in [4.69, 9.17) is 21.1 Å². The highest BCUT2D eigenvalue weighted by Gasteiger charge is 2.31. The Morgan fingerprint density at radius 2 is 2.04 bits per heavy atom. The van der Waals surface area contributed by atoms with Crippen molar-refractivity contribution >= 4 is 33.6 Å². The van der Waals surface area contributed by atoms with E-state index >= 15 is 0 Å². The average Bonchev–Trinajstić information content (AvgIpc) is 2.59. The van der Waals surface area contributed by atoms with Crippen LogP contribution in [-0.2, 0) is 24.3 Å². The lowest BCUT2D eigenvalue weighted by Gasteiger charge is -2.30. The molecule has 1 heterocycles. The van der Waals surface area contributed by atoms with Crippen molar-refractivity contribution in [1.82, 2.24) is 4.31 Å². The summed E-state index contributed by atoms with van der Waals surface area (Å²) < 4.78 is 37.0. The molecule has 2 rings (SSSR count). The Morgan fingerprint density at radius 1 is 1.33 bits per heavy atom. The lowest BCUT2D eigenvalue weighted by molar-refractivity contribution is -0.150. The zero-order valence-electron chi connectivity index (χ0n) is 15.6. The molecular formula is C18H24ClNO6S. The number of hydrogen-bond donors (Lipinski definition) is 0. The summed E-state index contributed by atoms with van der Waals surface area (Å²) in [5.41, 5.74) is 0.000352. The van der Waals surface area contributed by atoms with E-state index in [-0.39, 0.29) is 27.5 Å². The van der Waals surface area contributed by atoms with Gasteiger partial charge in [-0.25, -0.2) is 18.0 Å². The minimum Gasteiger partial charge on any atom is -0.460 e. The largest absolute Gasteiger partial charge is 0.460 e. The fourth-order valence-electron chi connectivity index (χ4n) is 2.84. The van der Waals surface area contributed by atoms with Crippen LogP contribution < -0.4 is 0 Å². The molecule has 1 aliphatic heterocycles. The maximum absolute atomic E-state index is 12.9. The van der Waals surface area contributed by atoms with E-state index < -0.39 is 28.6 Å². The van der Waals surface area contributed by atoms with Crippen molar-refractivity contribution in [1.29, 1.82) is 0 Å². The molecule has 1 saturated heterocycles. The first-order valence-corrected chi connectivity index (χ1v) is 10.6. The number of piperidine rings is 1. The number of carbonyl (C=O) groups excluding carboxylic acids is 2. The zero-order valence-corrected chi connectivity index (χ0v) is 17.2. The number of carbonyl (C=O) groups is 2. The van der Waals surface area contributed by atoms with E-state index in [9.17, 15) is 18.0 Å². The number of esters is 2. The summed E-state index contributed by atoms with van der Waals surface area (Å²) in [6.45, 7) is 5.63. The summed E-state index contributed by atoms with van der Waals surface area (Å²) in [4.78, 5) is 23.5. The molecule has 150 valence electrons. The van der Waals surface area contributed by atoms with Crippen LogP contribution in [0.4, 0.5) is 0 Å². The molecule has 9 heteroatoms. The molecule has 27 heavy (non-hydrogen) atoms. The van der Waals surface area contributed by atoms with Crippen LogP contribution in [0.25, 0.3) is 0 Å². The van der Waals surface area contributed by atoms with E-state index in [1.54, 1.807) is 13.8 Å². The molecule has 0 unspecified atom stereocenters. The van der Waals surface area contributed by atoms with Crippen molar-refractivity contribution in [2.75, 3.05) is 19.7 Å². The molecule has 1 aliphatic rings. The molecule has 1 fully saturated rings. The lowest BCUT2D eigenvalue weighted by Crippen LogP contribution is -2.39. The van der Waals surface area contributed by atoms with Crippen LogP contribution in [0.3, 0.4) is 0 Å². The molecule has 0 aromatic heterocycles. The number of hydrogen-bond acceptors (Lipinski definition) is 6. The third kappa shape index (κ3) is 5.67. The number of sulfonamides is 1. The second kappa shape index (κ2) is 9.03. The summed E-state index contributed by atoms with van der Waals surface area (Å²) in [7, 11) is -3.83. The Hall–Kier alpha value is -1.64. The molecule has 7 nitrogen and oxygen atoms in total. The van der Waals surface area contributed by atoms with Crippen molar-refractivity contribution in [3.05, 3.63) is 28.8 Å². The SMILES string of the molecule is CC(C)OC(=O)COC(=O)c1ccc(Cl)c(S(=O)(=O)N2CCC[C@@H](C)C2)c1. The maximum atomic E-state index is 12.9. The predicted molar refractivity (Wildman–Crippen MR) is 100 cm³/mol. The number of rotatable bonds is 6. The molecule has 1 aromatic rings. The highest BCUT2D eigenvalue weighted by Crippen LogP contribution is 2.29. The summed E-state index contributed by atoms with van der Waals surface area (Å²) in [5.74, 6) is -1.24. The van der Waals surface area contributed by atoms with Gasteiger partial charge in [-0.3, -0.25) is 0 Å². The van der Waals surface area contributed by atoms with E-state index in [0.717, 1.165) is 12.8 Å². The summed E-state index contributed by atoms with van der Waals surface area (Å²) in [6, 6.07) is 3.88. The van der Waals surface area contributed by atoms with Crippen molar-refractivity contribution in [3.63, 3.8) is 0 Å². The first-order valence-electron chi connectivity index (χ1n) is 8.77. The fraction of sp³-hybridized carbons (Fsp3) is 0.556. The third-order valence-corrected chi connectivity index (χ3v) is 6.44. The van der Waals surface area contributed by atoms with Crippen molar-refractivity contribution in [2.45, 2.75) is 44.6 Å². The number of nitrogens with zero attached hydrogens (tertiary/aromatic N) is 1. The summed E-state index contributed by atoms with van der Waals surface area (Å²) >= 11 is 6.09. The van der Waals surface area contributed by atoms with E-state index in [1.807, 2.05) is 6.92 Å². The average molecular weight is 418 g/mol. The Bertz CT molecular complexity index is 808. The number of ether oxygens (including phenoxy) is 2. The van der Waals surface area contributed by atoms with Gasteiger partial charge in [0, 0.05) is 13.1 Å². The maximum Gasteiger partial charge on any atom is 0.344 e. The Morgan fingerprint density at radius 3 is 2.67 bits per heavy atom. The van der Waals surface area contributed by atoms with E-state index in [0.29, 0.717) is 13.1 Å². The van der Waals surface area contributed by atoms with Crippen LogP contribution in [0.5, 0.6) is 0 Å². The smallest absolute Gasteiger partial charge is 0.344 e. The van der Waals surface area contributed by atoms with Gasteiger partial charge in [0.25, 0.3) is 0 Å². The normalized spacial score (nSPS) is 18.3. The highest BCUT2D eigenvalue weighted by molar-refractivity contribution is 7.89. The van der Waals surface area contributed by atoms with Gasteiger partial charge in [-0.05, 0) is 50.8 Å².